The van der Waals surface area contributed by atoms with Gasteiger partial charge in [-0.15, -0.1) is 0 Å². The Morgan fingerprint density at radius 3 is 2.55 bits per heavy atom. The fourth-order valence-corrected chi connectivity index (χ4v) is 2.03. The number of amides is 1. The van der Waals surface area contributed by atoms with Gasteiger partial charge in [-0.3, -0.25) is 4.79 Å². The van der Waals surface area contributed by atoms with Crippen molar-refractivity contribution in [3.05, 3.63) is 0 Å². The Morgan fingerprint density at radius 2 is 1.95 bits per heavy atom. The molecular formula is C15H27NO6. The number of rotatable bonds is 7. The number of carbonyl (C=O) groups is 2. The highest BCUT2D eigenvalue weighted by atomic mass is 16.6. The molecule has 0 spiro atoms. The highest BCUT2D eigenvalue weighted by molar-refractivity contribution is 5.70. The van der Waals surface area contributed by atoms with E-state index in [0.717, 1.165) is 12.8 Å². The summed E-state index contributed by atoms with van der Waals surface area (Å²) in [5.41, 5.74) is -0.531. The van der Waals surface area contributed by atoms with Crippen molar-refractivity contribution in [2.24, 2.45) is 0 Å². The Morgan fingerprint density at radius 1 is 1.27 bits per heavy atom. The van der Waals surface area contributed by atoms with Crippen LogP contribution in [0.4, 0.5) is 4.79 Å². The summed E-state index contributed by atoms with van der Waals surface area (Å²) in [6.07, 6.45) is 1.55. The summed E-state index contributed by atoms with van der Waals surface area (Å²) >= 11 is 0. The zero-order valence-corrected chi connectivity index (χ0v) is 13.6. The summed E-state index contributed by atoms with van der Waals surface area (Å²) in [6.45, 7) is 5.94. The molecule has 7 nitrogen and oxygen atoms in total. The van der Waals surface area contributed by atoms with Crippen molar-refractivity contribution >= 4 is 12.1 Å². The summed E-state index contributed by atoms with van der Waals surface area (Å²) in [7, 11) is 0. The molecule has 2 N–H and O–H groups in total. The second-order valence-electron chi connectivity index (χ2n) is 6.36. The Bertz CT molecular complexity index is 366. The van der Waals surface area contributed by atoms with Gasteiger partial charge < -0.3 is 24.6 Å². The molecule has 0 saturated carbocycles. The number of nitrogens with one attached hydrogen (secondary N) is 1. The molecule has 0 unspecified atom stereocenters. The van der Waals surface area contributed by atoms with Crippen LogP contribution in [0.15, 0.2) is 0 Å². The fourth-order valence-electron chi connectivity index (χ4n) is 2.03. The Hall–Kier alpha value is -1.34. The molecule has 2 atom stereocenters. The normalized spacial score (nSPS) is 21.5. The summed E-state index contributed by atoms with van der Waals surface area (Å²) in [5.74, 6) is -0.318. The third-order valence-electron chi connectivity index (χ3n) is 3.06. The molecule has 1 rings (SSSR count). The van der Waals surface area contributed by atoms with Crippen LogP contribution in [0.25, 0.3) is 0 Å². The number of aliphatic hydroxyl groups excluding tert-OH is 1. The smallest absolute Gasteiger partial charge is 0.407 e. The van der Waals surface area contributed by atoms with E-state index in [1.165, 1.54) is 0 Å². The van der Waals surface area contributed by atoms with Gasteiger partial charge in [-0.05, 0) is 40.0 Å². The highest BCUT2D eigenvalue weighted by Gasteiger charge is 2.25. The van der Waals surface area contributed by atoms with Crippen LogP contribution in [0, 0.1) is 0 Å². The first-order valence-corrected chi connectivity index (χ1v) is 7.69. The van der Waals surface area contributed by atoms with Crippen LogP contribution < -0.4 is 5.32 Å². The van der Waals surface area contributed by atoms with Gasteiger partial charge in [0.15, 0.2) is 0 Å². The van der Waals surface area contributed by atoms with Crippen LogP contribution in [-0.4, -0.2) is 54.7 Å². The predicted octanol–water partition coefficient (Wildman–Crippen LogP) is 1.37. The van der Waals surface area contributed by atoms with E-state index in [1.807, 2.05) is 0 Å². The molecule has 0 aromatic heterocycles. The minimum atomic E-state index is -0.531. The molecule has 128 valence electrons. The van der Waals surface area contributed by atoms with E-state index in [9.17, 15) is 9.59 Å². The first kappa shape index (κ1) is 18.7. The zero-order valence-electron chi connectivity index (χ0n) is 13.6. The molecule has 0 radical (unpaired) electrons. The number of hydrogen-bond acceptors (Lipinski definition) is 6. The van der Waals surface area contributed by atoms with Gasteiger partial charge in [0.05, 0.1) is 18.8 Å². The van der Waals surface area contributed by atoms with Gasteiger partial charge in [-0.2, -0.15) is 0 Å². The van der Waals surface area contributed by atoms with Crippen LogP contribution in [0.5, 0.6) is 0 Å². The average molecular weight is 317 g/mol. The second kappa shape index (κ2) is 8.95. The molecule has 1 fully saturated rings. The predicted molar refractivity (Wildman–Crippen MR) is 79.4 cm³/mol. The van der Waals surface area contributed by atoms with Crippen LogP contribution in [0.1, 0.15) is 46.5 Å². The van der Waals surface area contributed by atoms with Crippen LogP contribution in [0.3, 0.4) is 0 Å². The zero-order chi connectivity index (χ0) is 16.6. The van der Waals surface area contributed by atoms with Gasteiger partial charge >= 0.3 is 12.1 Å². The Labute approximate surface area is 131 Å². The van der Waals surface area contributed by atoms with Crippen molar-refractivity contribution in [3.8, 4) is 0 Å². The van der Waals surface area contributed by atoms with Crippen molar-refractivity contribution in [1.29, 1.82) is 0 Å². The maximum atomic E-state index is 11.6. The van der Waals surface area contributed by atoms with Gasteiger partial charge in [0, 0.05) is 13.0 Å². The topological polar surface area (TPSA) is 94.1 Å². The molecule has 22 heavy (non-hydrogen) atoms. The van der Waals surface area contributed by atoms with Crippen LogP contribution >= 0.6 is 0 Å². The lowest BCUT2D eigenvalue weighted by Gasteiger charge is -2.19. The highest BCUT2D eigenvalue weighted by Crippen LogP contribution is 2.19. The SMILES string of the molecule is CC(C)(C)OC(=O)NCCCC(=O)OC[C@H]1CC[C@H](CO)O1. The van der Waals surface area contributed by atoms with Crippen LogP contribution in [-0.2, 0) is 19.0 Å². The number of ether oxygens (including phenoxy) is 3. The first-order chi connectivity index (χ1) is 10.3. The van der Waals surface area contributed by atoms with E-state index in [2.05, 4.69) is 5.32 Å². The van der Waals surface area contributed by atoms with Crippen molar-refractivity contribution in [3.63, 3.8) is 0 Å². The lowest BCUT2D eigenvalue weighted by molar-refractivity contribution is -0.148. The third-order valence-corrected chi connectivity index (χ3v) is 3.06. The molecule has 1 saturated heterocycles. The van der Waals surface area contributed by atoms with Gasteiger partial charge in [-0.25, -0.2) is 4.79 Å². The summed E-state index contributed by atoms with van der Waals surface area (Å²) < 4.78 is 15.7. The van der Waals surface area contributed by atoms with Crippen molar-refractivity contribution in [1.82, 2.24) is 5.32 Å². The summed E-state index contributed by atoms with van der Waals surface area (Å²) in [5, 5.41) is 11.5. The minimum absolute atomic E-state index is 0.000775. The standard InChI is InChI=1S/C15H27NO6/c1-15(2,3)22-14(19)16-8-4-5-13(18)20-10-12-7-6-11(9-17)21-12/h11-12,17H,4-10H2,1-3H3,(H,16,19)/t11-,12-/m1/s1. The van der Waals surface area contributed by atoms with E-state index in [0.29, 0.717) is 13.0 Å². The lowest BCUT2D eigenvalue weighted by Crippen LogP contribution is -2.33. The number of alkyl carbamates (subject to hydrolysis) is 1. The molecule has 0 aromatic carbocycles. The monoisotopic (exact) mass is 317 g/mol. The van der Waals surface area contributed by atoms with Gasteiger partial charge in [0.1, 0.15) is 12.2 Å². The Balaban J connectivity index is 2.03. The minimum Gasteiger partial charge on any atom is -0.463 e. The van der Waals surface area contributed by atoms with E-state index in [4.69, 9.17) is 19.3 Å². The molecule has 1 aliphatic rings. The fraction of sp³-hybridized carbons (Fsp3) is 0.867. The molecule has 0 aromatic rings. The van der Waals surface area contributed by atoms with Crippen molar-refractivity contribution < 1.29 is 28.9 Å². The van der Waals surface area contributed by atoms with E-state index in [1.54, 1.807) is 20.8 Å². The lowest BCUT2D eigenvalue weighted by atomic mass is 10.2. The number of esters is 1. The summed E-state index contributed by atoms with van der Waals surface area (Å²) in [4.78, 5) is 22.9. The van der Waals surface area contributed by atoms with Crippen molar-refractivity contribution in [2.45, 2.75) is 64.3 Å². The van der Waals surface area contributed by atoms with E-state index < -0.39 is 11.7 Å². The van der Waals surface area contributed by atoms with E-state index >= 15 is 0 Å². The molecule has 7 heteroatoms. The molecule has 1 heterocycles. The molecular weight excluding hydrogens is 290 g/mol. The number of aliphatic hydroxyl groups is 1. The quantitative estimate of drug-likeness (QED) is 0.544. The van der Waals surface area contributed by atoms with Gasteiger partial charge in [-0.1, -0.05) is 0 Å². The van der Waals surface area contributed by atoms with Gasteiger partial charge in [0.25, 0.3) is 0 Å². The first-order valence-electron chi connectivity index (χ1n) is 7.69. The second-order valence-corrected chi connectivity index (χ2v) is 6.36. The van der Waals surface area contributed by atoms with Crippen molar-refractivity contribution in [2.75, 3.05) is 19.8 Å². The van der Waals surface area contributed by atoms with Gasteiger partial charge in [0.2, 0.25) is 0 Å². The molecule has 1 amide bonds. The van der Waals surface area contributed by atoms with Crippen LogP contribution in [0.2, 0.25) is 0 Å². The summed E-state index contributed by atoms with van der Waals surface area (Å²) in [6, 6.07) is 0. The maximum absolute atomic E-state index is 11.6. The average Bonchev–Trinajstić information content (AvgIpc) is 2.87. The largest absolute Gasteiger partial charge is 0.463 e. The molecule has 1 aliphatic heterocycles. The molecule has 0 bridgehead atoms. The molecule has 0 aliphatic carbocycles. The number of carbonyl (C=O) groups excluding carboxylic acids is 2. The van der Waals surface area contributed by atoms with E-state index in [-0.39, 0.29) is 37.8 Å². The maximum Gasteiger partial charge on any atom is 0.407 e. The third kappa shape index (κ3) is 8.19. The Kier molecular flexibility index (Phi) is 7.61. The number of hydrogen-bond donors (Lipinski definition) is 2.